The van der Waals surface area contributed by atoms with Crippen molar-refractivity contribution in [2.45, 2.75) is 0 Å². The second kappa shape index (κ2) is 9.29. The zero-order valence-corrected chi connectivity index (χ0v) is 24.5. The third kappa shape index (κ3) is 3.50. The fraction of sp³-hybridized carbons (Fsp3) is 0. The van der Waals surface area contributed by atoms with E-state index in [0.29, 0.717) is 0 Å². The summed E-state index contributed by atoms with van der Waals surface area (Å²) < 4.78 is 0. The van der Waals surface area contributed by atoms with E-state index in [1.165, 1.54) is 97.9 Å². The van der Waals surface area contributed by atoms with Crippen LogP contribution >= 0.6 is 0 Å². The Morgan fingerprint density at radius 3 is 1.42 bits per heavy atom. The highest BCUT2D eigenvalue weighted by atomic mass is 14.7. The smallest absolute Gasteiger partial charge is 0.0551 e. The second-order valence-corrected chi connectivity index (χ2v) is 12.1. The Kier molecular flexibility index (Phi) is 5.06. The number of benzene rings is 9. The predicted molar refractivity (Wildman–Crippen MR) is 194 cm³/mol. The number of aromatic nitrogens is 1. The van der Waals surface area contributed by atoms with Crippen LogP contribution in [0, 0.1) is 0 Å². The molecule has 0 aliphatic rings. The molecule has 9 aromatic carbocycles. The molecule has 0 amide bonds. The monoisotopic (exact) mass is 569 g/mol. The molecule has 1 nitrogen and oxygen atoms in total. The van der Waals surface area contributed by atoms with Crippen LogP contribution in [0.2, 0.25) is 0 Å². The maximum absolute atomic E-state index is 3.90. The van der Waals surface area contributed by atoms with E-state index in [1.54, 1.807) is 0 Å². The van der Waals surface area contributed by atoms with Crippen LogP contribution < -0.4 is 0 Å². The van der Waals surface area contributed by atoms with Gasteiger partial charge < -0.3 is 4.98 Å². The molecule has 0 spiro atoms. The van der Waals surface area contributed by atoms with Crippen molar-refractivity contribution in [1.29, 1.82) is 0 Å². The minimum absolute atomic E-state index is 1.18. The van der Waals surface area contributed by atoms with Gasteiger partial charge in [-0.15, -0.1) is 0 Å². The predicted octanol–water partition coefficient (Wildman–Crippen LogP) is 12.4. The Hall–Kier alpha value is -5.92. The molecule has 1 aromatic heterocycles. The Morgan fingerprint density at radius 2 is 0.733 bits per heavy atom. The normalized spacial score (nSPS) is 12.0. The summed E-state index contributed by atoms with van der Waals surface area (Å²) in [6, 6.07) is 57.8. The topological polar surface area (TPSA) is 15.8 Å². The first-order valence-electron chi connectivity index (χ1n) is 15.6. The third-order valence-electron chi connectivity index (χ3n) is 9.77. The molecule has 1 heterocycles. The lowest BCUT2D eigenvalue weighted by molar-refractivity contribution is 1.55. The zero-order valence-electron chi connectivity index (χ0n) is 24.5. The van der Waals surface area contributed by atoms with Crippen LogP contribution in [0.4, 0.5) is 0 Å². The van der Waals surface area contributed by atoms with E-state index in [4.69, 9.17) is 0 Å². The molecule has 10 aromatic rings. The summed E-state index contributed by atoms with van der Waals surface area (Å²) in [6.07, 6.45) is 0. The number of aromatic amines is 1. The average Bonchev–Trinajstić information content (AvgIpc) is 3.52. The van der Waals surface area contributed by atoms with Gasteiger partial charge in [-0.25, -0.2) is 0 Å². The quantitative estimate of drug-likeness (QED) is 0.199. The first-order chi connectivity index (χ1) is 22.3. The maximum Gasteiger partial charge on any atom is 0.0551 e. The summed E-state index contributed by atoms with van der Waals surface area (Å²) in [7, 11) is 0. The molecule has 0 aliphatic heterocycles. The minimum Gasteiger partial charge on any atom is -0.353 e. The molecule has 45 heavy (non-hydrogen) atoms. The number of para-hydroxylation sites is 1. The fourth-order valence-electron chi connectivity index (χ4n) is 7.77. The van der Waals surface area contributed by atoms with Crippen LogP contribution in [0.15, 0.2) is 158 Å². The van der Waals surface area contributed by atoms with E-state index in [1.807, 2.05) is 0 Å². The van der Waals surface area contributed by atoms with Crippen molar-refractivity contribution in [1.82, 2.24) is 4.98 Å². The van der Waals surface area contributed by atoms with Gasteiger partial charge in [-0.1, -0.05) is 146 Å². The number of rotatable bonds is 2. The van der Waals surface area contributed by atoms with E-state index in [2.05, 4.69) is 163 Å². The summed E-state index contributed by atoms with van der Waals surface area (Å²) in [4.78, 5) is 3.90. The van der Waals surface area contributed by atoms with Gasteiger partial charge in [0.15, 0.2) is 0 Å². The van der Waals surface area contributed by atoms with Crippen LogP contribution in [0.3, 0.4) is 0 Å². The number of H-pyrrole nitrogens is 1. The van der Waals surface area contributed by atoms with Gasteiger partial charge in [0.2, 0.25) is 0 Å². The molecule has 0 saturated heterocycles. The third-order valence-corrected chi connectivity index (χ3v) is 9.77. The minimum atomic E-state index is 1.18. The number of hydrogen-bond acceptors (Lipinski definition) is 0. The summed E-state index contributed by atoms with van der Waals surface area (Å²) in [5, 5.41) is 15.5. The van der Waals surface area contributed by atoms with Gasteiger partial charge in [0.05, 0.1) is 11.0 Å². The molecule has 0 saturated carbocycles. The Morgan fingerprint density at radius 1 is 0.267 bits per heavy atom. The fourth-order valence-corrected chi connectivity index (χ4v) is 7.77. The van der Waals surface area contributed by atoms with Crippen molar-refractivity contribution >= 4 is 75.7 Å². The van der Waals surface area contributed by atoms with Gasteiger partial charge >= 0.3 is 0 Å². The highest BCUT2D eigenvalue weighted by molar-refractivity contribution is 6.32. The van der Waals surface area contributed by atoms with E-state index in [9.17, 15) is 0 Å². The molecule has 0 fully saturated rings. The summed E-state index contributed by atoms with van der Waals surface area (Å²) in [5.41, 5.74) is 7.26. The lowest BCUT2D eigenvalue weighted by Crippen LogP contribution is -1.86. The van der Waals surface area contributed by atoms with Gasteiger partial charge in [0.25, 0.3) is 0 Å². The molecule has 0 radical (unpaired) electrons. The summed E-state index contributed by atoms with van der Waals surface area (Å²) in [5.74, 6) is 0. The highest BCUT2D eigenvalue weighted by Crippen LogP contribution is 2.42. The lowest BCUT2D eigenvalue weighted by Gasteiger charge is -2.13. The van der Waals surface area contributed by atoms with Crippen molar-refractivity contribution in [2.24, 2.45) is 0 Å². The van der Waals surface area contributed by atoms with E-state index >= 15 is 0 Å². The first kappa shape index (κ1) is 24.5. The maximum atomic E-state index is 3.90. The molecule has 0 atom stereocenters. The van der Waals surface area contributed by atoms with Crippen LogP contribution in [0.25, 0.3) is 97.9 Å². The standard InChI is InChI=1S/C44H27N/c1-2-15-33-31(13-1)32-14-3-4-18-36(32)41-26-28(23-24-37(33)41)27-11-9-12-29(25-27)30-21-10-22-40-42-38-19-7-5-16-34(38)35-17-6-8-20-39(35)44(42)45-43(30)40/h1-26,45H. The van der Waals surface area contributed by atoms with Crippen LogP contribution in [-0.2, 0) is 0 Å². The average molecular weight is 570 g/mol. The van der Waals surface area contributed by atoms with Gasteiger partial charge in [-0.3, -0.25) is 0 Å². The second-order valence-electron chi connectivity index (χ2n) is 12.1. The Bertz CT molecular complexity index is 2780. The largest absolute Gasteiger partial charge is 0.353 e. The van der Waals surface area contributed by atoms with Crippen molar-refractivity contribution < 1.29 is 0 Å². The zero-order chi connectivity index (χ0) is 29.5. The van der Waals surface area contributed by atoms with Gasteiger partial charge in [-0.2, -0.15) is 0 Å². The lowest BCUT2D eigenvalue weighted by atomic mass is 9.91. The Labute approximate surface area is 260 Å². The van der Waals surface area contributed by atoms with Gasteiger partial charge in [0, 0.05) is 21.7 Å². The van der Waals surface area contributed by atoms with Crippen molar-refractivity contribution in [3.05, 3.63) is 158 Å². The molecule has 0 unspecified atom stereocenters. The molecule has 208 valence electrons. The van der Waals surface area contributed by atoms with Crippen molar-refractivity contribution in [2.75, 3.05) is 0 Å². The van der Waals surface area contributed by atoms with E-state index in [-0.39, 0.29) is 0 Å². The van der Waals surface area contributed by atoms with Gasteiger partial charge in [-0.05, 0) is 77.3 Å². The molecule has 1 heteroatoms. The molecule has 10 rings (SSSR count). The number of nitrogens with one attached hydrogen (secondary N) is 1. The SMILES string of the molecule is c1cc(-c2ccc3c4ccccc4c4ccccc4c3c2)cc(-c2cccc3c2[nH]c2c4ccccc4c4ccccc4c32)c1. The van der Waals surface area contributed by atoms with Crippen molar-refractivity contribution in [3.8, 4) is 22.3 Å². The molecular formula is C44H27N. The molecule has 0 bridgehead atoms. The van der Waals surface area contributed by atoms with E-state index in [0.717, 1.165) is 0 Å². The molecule has 1 N–H and O–H groups in total. The summed E-state index contributed by atoms with van der Waals surface area (Å²) >= 11 is 0. The Balaban J connectivity index is 1.20. The van der Waals surface area contributed by atoms with Crippen LogP contribution in [0.5, 0.6) is 0 Å². The molecule has 0 aliphatic carbocycles. The van der Waals surface area contributed by atoms with Gasteiger partial charge in [0.1, 0.15) is 0 Å². The summed E-state index contributed by atoms with van der Waals surface area (Å²) in [6.45, 7) is 0. The van der Waals surface area contributed by atoms with Crippen molar-refractivity contribution in [3.63, 3.8) is 0 Å². The van der Waals surface area contributed by atoms with Crippen LogP contribution in [0.1, 0.15) is 0 Å². The number of hydrogen-bond donors (Lipinski definition) is 1. The number of fused-ring (bicyclic) bond motifs is 14. The first-order valence-corrected chi connectivity index (χ1v) is 15.6. The highest BCUT2D eigenvalue weighted by Gasteiger charge is 2.16. The van der Waals surface area contributed by atoms with Crippen LogP contribution in [-0.4, -0.2) is 4.98 Å². The molecular weight excluding hydrogens is 542 g/mol. The van der Waals surface area contributed by atoms with E-state index < -0.39 is 0 Å².